The molecule has 3 N–H and O–H groups in total. The van der Waals surface area contributed by atoms with Gasteiger partial charge in [-0.05, 0) is 32.4 Å². The number of nitrogens with zero attached hydrogens (tertiary/aromatic N) is 6. The van der Waals surface area contributed by atoms with E-state index < -0.39 is 9.62 Å². The van der Waals surface area contributed by atoms with Crippen LogP contribution in [0.3, 0.4) is 0 Å². The number of rotatable bonds is 9. The molecule has 11 nitrogen and oxygen atoms in total. The smallest absolute Gasteiger partial charge is 0.208 e. The lowest BCUT2D eigenvalue weighted by Crippen LogP contribution is -2.59. The van der Waals surface area contributed by atoms with Crippen molar-refractivity contribution in [3.63, 3.8) is 0 Å². The third kappa shape index (κ3) is 3.49. The number of allylic oxidation sites excluding steroid dienone is 1. The minimum atomic E-state index is -3.85. The van der Waals surface area contributed by atoms with Gasteiger partial charge in [-0.2, -0.15) is 0 Å². The monoisotopic (exact) mass is 385 g/mol. The molecule has 0 radical (unpaired) electrons. The Bertz CT molecular complexity index is 742. The molecule has 0 atom stereocenters. The fourth-order valence-corrected chi connectivity index (χ4v) is 6.12. The molecule has 2 aliphatic heterocycles. The van der Waals surface area contributed by atoms with Crippen LogP contribution in [0.2, 0.25) is 0 Å². The van der Waals surface area contributed by atoms with Crippen LogP contribution in [-0.2, 0) is 9.62 Å². The van der Waals surface area contributed by atoms with Crippen LogP contribution in [0.5, 0.6) is 0 Å². The van der Waals surface area contributed by atoms with Crippen LogP contribution in [0, 0.1) is 0 Å². The lowest BCUT2D eigenvalue weighted by Gasteiger charge is -2.39. The van der Waals surface area contributed by atoms with Gasteiger partial charge in [0.25, 0.3) is 0 Å². The van der Waals surface area contributed by atoms with Gasteiger partial charge in [-0.1, -0.05) is 23.5 Å². The highest BCUT2D eigenvalue weighted by atomic mass is 32.3. The van der Waals surface area contributed by atoms with E-state index in [2.05, 4.69) is 39.8 Å². The Balaban J connectivity index is 1.87. The predicted molar refractivity (Wildman–Crippen MR) is 98.5 cm³/mol. The van der Waals surface area contributed by atoms with Crippen LogP contribution in [0.15, 0.2) is 31.1 Å². The van der Waals surface area contributed by atoms with Crippen molar-refractivity contribution >= 4 is 15.4 Å². The van der Waals surface area contributed by atoms with Crippen molar-refractivity contribution in [1.29, 1.82) is 0 Å². The SMILES string of the molecule is CCNS1(=O)(NCN2CCCC2)N=NC(N(C)Nc2conn2)=C1CC. The minimum Gasteiger partial charge on any atom is -0.343 e. The van der Waals surface area contributed by atoms with Gasteiger partial charge in [0.15, 0.2) is 12.1 Å². The molecule has 3 rings (SSSR count). The number of hydrogen-bond acceptors (Lipinski definition) is 8. The van der Waals surface area contributed by atoms with E-state index in [4.69, 9.17) is 4.52 Å². The molecule has 0 saturated carbocycles. The van der Waals surface area contributed by atoms with Crippen LogP contribution in [0.4, 0.5) is 5.82 Å². The van der Waals surface area contributed by atoms with E-state index in [1.54, 1.807) is 12.1 Å². The molecule has 0 spiro atoms. The molecule has 2 aliphatic rings. The van der Waals surface area contributed by atoms with Crippen LogP contribution in [0.1, 0.15) is 33.1 Å². The zero-order valence-corrected chi connectivity index (χ0v) is 16.3. The van der Waals surface area contributed by atoms with Crippen LogP contribution in [-0.4, -0.2) is 57.8 Å². The zero-order chi connectivity index (χ0) is 18.6. The van der Waals surface area contributed by atoms with Crippen molar-refractivity contribution in [2.24, 2.45) is 9.63 Å². The number of hydrogen-bond donors (Lipinski definition) is 3. The number of aromatic nitrogens is 2. The highest BCUT2D eigenvalue weighted by molar-refractivity contribution is 8.18. The molecule has 0 unspecified atom stereocenters. The second-order valence-corrected chi connectivity index (χ2v) is 9.32. The fraction of sp³-hybridized carbons (Fsp3) is 0.714. The summed E-state index contributed by atoms with van der Waals surface area (Å²) < 4.78 is 29.4. The Labute approximate surface area is 153 Å². The Hall–Kier alpha value is -1.89. The molecular weight excluding hydrogens is 358 g/mol. The minimum absolute atomic E-state index is 0.426. The van der Waals surface area contributed by atoms with E-state index in [1.165, 1.54) is 6.26 Å². The Morgan fingerprint density at radius 3 is 2.69 bits per heavy atom. The van der Waals surface area contributed by atoms with Crippen LogP contribution >= 0.6 is 0 Å². The van der Waals surface area contributed by atoms with Crippen molar-refractivity contribution in [1.82, 2.24) is 29.7 Å². The number of anilines is 1. The molecule has 0 aromatic carbocycles. The summed E-state index contributed by atoms with van der Waals surface area (Å²) in [5, 5.41) is 13.1. The number of hydrazine groups is 1. The molecule has 1 saturated heterocycles. The predicted octanol–water partition coefficient (Wildman–Crippen LogP) is 1.19. The normalized spacial score (nSPS) is 23.1. The van der Waals surface area contributed by atoms with Gasteiger partial charge in [-0.25, -0.2) is 13.7 Å². The van der Waals surface area contributed by atoms with Gasteiger partial charge in [-0.3, -0.25) is 15.3 Å². The first-order valence-corrected chi connectivity index (χ1v) is 10.8. The summed E-state index contributed by atoms with van der Waals surface area (Å²) in [7, 11) is -2.09. The van der Waals surface area contributed by atoms with Crippen molar-refractivity contribution in [3.05, 3.63) is 17.0 Å². The fourth-order valence-electron chi connectivity index (χ4n) is 3.21. The second-order valence-electron chi connectivity index (χ2n) is 6.27. The van der Waals surface area contributed by atoms with E-state index in [-0.39, 0.29) is 0 Å². The number of nitrogens with one attached hydrogen (secondary N) is 3. The summed E-state index contributed by atoms with van der Waals surface area (Å²) in [6.07, 6.45) is 4.23. The topological polar surface area (TPSA) is 123 Å². The summed E-state index contributed by atoms with van der Waals surface area (Å²) in [6.45, 7) is 6.84. The van der Waals surface area contributed by atoms with E-state index >= 15 is 0 Å². The van der Waals surface area contributed by atoms with Gasteiger partial charge in [0, 0.05) is 18.9 Å². The highest BCUT2D eigenvalue weighted by Crippen LogP contribution is 2.41. The van der Waals surface area contributed by atoms with Gasteiger partial charge in [0.2, 0.25) is 5.82 Å². The maximum Gasteiger partial charge on any atom is 0.208 e. The lowest BCUT2D eigenvalue weighted by atomic mass is 10.4. The first-order chi connectivity index (χ1) is 12.5. The molecule has 0 aliphatic carbocycles. The average Bonchev–Trinajstić information content (AvgIpc) is 3.34. The third-order valence-electron chi connectivity index (χ3n) is 4.45. The summed E-state index contributed by atoms with van der Waals surface area (Å²) >= 11 is 0. The second kappa shape index (κ2) is 7.39. The Kier molecular flexibility index (Phi) is 5.37. The third-order valence-corrected chi connectivity index (χ3v) is 7.71. The van der Waals surface area contributed by atoms with Gasteiger partial charge >= 0.3 is 0 Å². The lowest BCUT2D eigenvalue weighted by molar-refractivity contribution is 0.333. The van der Waals surface area contributed by atoms with Gasteiger partial charge in [0.1, 0.15) is 9.62 Å². The zero-order valence-electron chi connectivity index (χ0n) is 15.4. The van der Waals surface area contributed by atoms with Crippen LogP contribution < -0.4 is 14.9 Å². The average molecular weight is 385 g/mol. The first kappa shape index (κ1) is 18.9. The molecular formula is C14H27N9O2S. The quantitative estimate of drug-likeness (QED) is 0.546. The van der Waals surface area contributed by atoms with Crippen molar-refractivity contribution in [2.45, 2.75) is 33.1 Å². The van der Waals surface area contributed by atoms with E-state index in [0.29, 0.717) is 36.2 Å². The highest BCUT2D eigenvalue weighted by Gasteiger charge is 2.46. The Morgan fingerprint density at radius 1 is 1.31 bits per heavy atom. The van der Waals surface area contributed by atoms with Crippen molar-refractivity contribution in [3.8, 4) is 0 Å². The summed E-state index contributed by atoms with van der Waals surface area (Å²) in [4.78, 5) is 2.86. The van der Waals surface area contributed by atoms with Gasteiger partial charge in [0.05, 0.1) is 11.6 Å². The van der Waals surface area contributed by atoms with Gasteiger partial charge < -0.3 is 4.52 Å². The number of likely N-dealkylation sites (tertiary alicyclic amines) is 1. The van der Waals surface area contributed by atoms with Crippen molar-refractivity contribution in [2.75, 3.05) is 38.8 Å². The summed E-state index contributed by atoms with van der Waals surface area (Å²) in [6, 6.07) is 0. The molecule has 1 aromatic rings. The molecule has 146 valence electrons. The summed E-state index contributed by atoms with van der Waals surface area (Å²) in [5.41, 5.74) is 2.99. The molecule has 0 bridgehead atoms. The summed E-state index contributed by atoms with van der Waals surface area (Å²) in [5.74, 6) is 0.914. The standard InChI is InChI=1S/C14H27N9O2S/c1-4-12-14(22(3)19-13-10-25-20-17-13)18-21-26(12,24,15-5-2)16-11-23-8-6-7-9-23/h10,19H,4-9,11H2,1-3H3,(H2,15,16,24). The molecule has 3 heterocycles. The van der Waals surface area contributed by atoms with E-state index in [9.17, 15) is 4.21 Å². The van der Waals surface area contributed by atoms with Crippen molar-refractivity contribution < 1.29 is 8.73 Å². The molecule has 26 heavy (non-hydrogen) atoms. The Morgan fingerprint density at radius 2 is 2.08 bits per heavy atom. The maximum atomic E-state index is 14.2. The first-order valence-electron chi connectivity index (χ1n) is 8.83. The largest absolute Gasteiger partial charge is 0.343 e. The van der Waals surface area contributed by atoms with E-state index in [0.717, 1.165) is 25.9 Å². The van der Waals surface area contributed by atoms with Gasteiger partial charge in [-0.15, -0.1) is 5.11 Å². The molecule has 1 aromatic heterocycles. The molecule has 0 amide bonds. The molecule has 1 fully saturated rings. The van der Waals surface area contributed by atoms with E-state index in [1.807, 2.05) is 13.8 Å². The molecule has 12 heteroatoms. The van der Waals surface area contributed by atoms with Crippen LogP contribution in [0.25, 0.3) is 0 Å². The maximum absolute atomic E-state index is 14.2.